The van der Waals surface area contributed by atoms with Crippen molar-refractivity contribution in [3.8, 4) is 0 Å². The van der Waals surface area contributed by atoms with Gasteiger partial charge < -0.3 is 10.1 Å². The number of allylic oxidation sites excluding steroid dienone is 1. The summed E-state index contributed by atoms with van der Waals surface area (Å²) in [7, 11) is 1.74. The fraction of sp³-hybridized carbons (Fsp3) is 0.800. The van der Waals surface area contributed by atoms with Crippen LogP contribution in [0, 0.1) is 0 Å². The molecule has 78 valence electrons. The summed E-state index contributed by atoms with van der Waals surface area (Å²) in [5.74, 6) is 0.588. The lowest BCUT2D eigenvalue weighted by Gasteiger charge is -2.15. The van der Waals surface area contributed by atoms with E-state index in [1.54, 1.807) is 7.11 Å². The molecule has 0 heterocycles. The molecule has 0 amide bonds. The molecule has 0 aromatic rings. The van der Waals surface area contributed by atoms with Crippen LogP contribution in [0.1, 0.15) is 19.8 Å². The number of alkyl halides is 1. The first-order valence-electron chi connectivity index (χ1n) is 4.78. The second-order valence-corrected chi connectivity index (χ2v) is 3.28. The van der Waals surface area contributed by atoms with Crippen molar-refractivity contribution in [1.82, 2.24) is 5.32 Å². The molecular weight excluding hydrogens is 186 g/mol. The predicted molar refractivity (Wildman–Crippen MR) is 58.4 cm³/mol. The summed E-state index contributed by atoms with van der Waals surface area (Å²) in [5, 5.41) is 3.39. The third kappa shape index (κ3) is 8.28. The minimum Gasteiger partial charge on any atom is -0.383 e. The van der Waals surface area contributed by atoms with Gasteiger partial charge in [-0.05, 0) is 6.42 Å². The van der Waals surface area contributed by atoms with Crippen molar-refractivity contribution in [3.05, 3.63) is 12.2 Å². The Morgan fingerprint density at radius 3 is 2.77 bits per heavy atom. The molecule has 0 spiro atoms. The molecular formula is C10H20ClNO. The van der Waals surface area contributed by atoms with Gasteiger partial charge in [0.25, 0.3) is 0 Å². The van der Waals surface area contributed by atoms with Gasteiger partial charge in [-0.2, -0.15) is 0 Å². The van der Waals surface area contributed by atoms with Gasteiger partial charge in [0.1, 0.15) is 0 Å². The molecule has 1 unspecified atom stereocenters. The zero-order valence-corrected chi connectivity index (χ0v) is 9.31. The number of halogens is 1. The Hall–Kier alpha value is -0.0500. The van der Waals surface area contributed by atoms with Crippen molar-refractivity contribution in [2.24, 2.45) is 0 Å². The van der Waals surface area contributed by atoms with E-state index in [4.69, 9.17) is 16.3 Å². The molecule has 3 heteroatoms. The standard InChI is InChI=1S/C10H20ClNO/c1-3-6-10(9-13-2)12-8-5-4-7-11/h4-5,10,12H,3,6-9H2,1-2H3/b5-4+. The van der Waals surface area contributed by atoms with E-state index in [-0.39, 0.29) is 0 Å². The van der Waals surface area contributed by atoms with Crippen LogP contribution in [-0.4, -0.2) is 32.2 Å². The first kappa shape index (κ1) is 12.9. The largest absolute Gasteiger partial charge is 0.383 e. The molecule has 1 N–H and O–H groups in total. The summed E-state index contributed by atoms with van der Waals surface area (Å²) >= 11 is 5.50. The molecule has 0 aromatic heterocycles. The van der Waals surface area contributed by atoms with Crippen LogP contribution >= 0.6 is 11.6 Å². The molecule has 0 saturated heterocycles. The van der Waals surface area contributed by atoms with Crippen LogP contribution in [0.25, 0.3) is 0 Å². The van der Waals surface area contributed by atoms with E-state index in [0.717, 1.165) is 19.6 Å². The highest BCUT2D eigenvalue weighted by Crippen LogP contribution is 1.96. The Labute approximate surface area is 86.3 Å². The molecule has 0 aliphatic rings. The van der Waals surface area contributed by atoms with Crippen molar-refractivity contribution in [2.45, 2.75) is 25.8 Å². The van der Waals surface area contributed by atoms with Crippen LogP contribution in [0.2, 0.25) is 0 Å². The minimum atomic E-state index is 0.468. The molecule has 1 atom stereocenters. The highest BCUT2D eigenvalue weighted by Gasteiger charge is 2.03. The lowest BCUT2D eigenvalue weighted by molar-refractivity contribution is 0.164. The maximum Gasteiger partial charge on any atom is 0.0615 e. The number of nitrogens with one attached hydrogen (secondary N) is 1. The molecule has 0 radical (unpaired) electrons. The molecule has 0 aliphatic heterocycles. The van der Waals surface area contributed by atoms with Crippen LogP contribution in [0.4, 0.5) is 0 Å². The Morgan fingerprint density at radius 1 is 1.46 bits per heavy atom. The van der Waals surface area contributed by atoms with Gasteiger partial charge >= 0.3 is 0 Å². The third-order valence-corrected chi connectivity index (χ3v) is 1.96. The second kappa shape index (κ2) is 10.0. The Kier molecular flexibility index (Phi) is 10.00. The van der Waals surface area contributed by atoms with E-state index in [2.05, 4.69) is 12.2 Å². The van der Waals surface area contributed by atoms with Crippen molar-refractivity contribution in [1.29, 1.82) is 0 Å². The summed E-state index contributed by atoms with van der Waals surface area (Å²) in [6.07, 6.45) is 6.33. The summed E-state index contributed by atoms with van der Waals surface area (Å²) in [6, 6.07) is 0.468. The number of ether oxygens (including phenoxy) is 1. The quantitative estimate of drug-likeness (QED) is 0.485. The maximum absolute atomic E-state index is 5.50. The normalized spacial score (nSPS) is 13.8. The monoisotopic (exact) mass is 205 g/mol. The van der Waals surface area contributed by atoms with Gasteiger partial charge in [0, 0.05) is 25.6 Å². The molecule has 0 aliphatic carbocycles. The van der Waals surface area contributed by atoms with E-state index in [9.17, 15) is 0 Å². The lowest BCUT2D eigenvalue weighted by Crippen LogP contribution is -2.33. The van der Waals surface area contributed by atoms with E-state index < -0.39 is 0 Å². The second-order valence-electron chi connectivity index (χ2n) is 2.97. The van der Waals surface area contributed by atoms with Crippen LogP contribution in [0.3, 0.4) is 0 Å². The number of hydrogen-bond donors (Lipinski definition) is 1. The van der Waals surface area contributed by atoms with Gasteiger partial charge in [0.15, 0.2) is 0 Å². The zero-order chi connectivity index (χ0) is 9.94. The van der Waals surface area contributed by atoms with E-state index in [0.29, 0.717) is 11.9 Å². The lowest BCUT2D eigenvalue weighted by atomic mass is 10.2. The maximum atomic E-state index is 5.50. The molecule has 2 nitrogen and oxygen atoms in total. The van der Waals surface area contributed by atoms with Gasteiger partial charge in [-0.1, -0.05) is 25.5 Å². The number of hydrogen-bond acceptors (Lipinski definition) is 2. The summed E-state index contributed by atoms with van der Waals surface area (Å²) in [6.45, 7) is 3.84. The molecule has 0 rings (SSSR count). The fourth-order valence-electron chi connectivity index (χ4n) is 1.18. The minimum absolute atomic E-state index is 0.468. The topological polar surface area (TPSA) is 21.3 Å². The SMILES string of the molecule is CCCC(COC)NC/C=C/CCl. The van der Waals surface area contributed by atoms with Crippen LogP contribution < -0.4 is 5.32 Å². The van der Waals surface area contributed by atoms with Gasteiger partial charge in [-0.25, -0.2) is 0 Å². The first-order chi connectivity index (χ1) is 6.35. The van der Waals surface area contributed by atoms with E-state index in [1.807, 2.05) is 12.2 Å². The van der Waals surface area contributed by atoms with Crippen molar-refractivity contribution < 1.29 is 4.74 Å². The van der Waals surface area contributed by atoms with Crippen LogP contribution in [0.15, 0.2) is 12.2 Å². The molecule has 0 bridgehead atoms. The molecule has 0 saturated carbocycles. The van der Waals surface area contributed by atoms with Gasteiger partial charge in [-0.3, -0.25) is 0 Å². The van der Waals surface area contributed by atoms with Gasteiger partial charge in [0.05, 0.1) is 6.61 Å². The van der Waals surface area contributed by atoms with Crippen LogP contribution in [0.5, 0.6) is 0 Å². The Morgan fingerprint density at radius 2 is 2.23 bits per heavy atom. The van der Waals surface area contributed by atoms with Crippen molar-refractivity contribution >= 4 is 11.6 Å². The summed E-state index contributed by atoms with van der Waals surface area (Å²) in [4.78, 5) is 0. The van der Waals surface area contributed by atoms with E-state index >= 15 is 0 Å². The predicted octanol–water partition coefficient (Wildman–Crippen LogP) is 2.19. The highest BCUT2D eigenvalue weighted by atomic mass is 35.5. The fourth-order valence-corrected chi connectivity index (χ4v) is 1.30. The first-order valence-corrected chi connectivity index (χ1v) is 5.31. The van der Waals surface area contributed by atoms with Gasteiger partial charge in [0.2, 0.25) is 0 Å². The van der Waals surface area contributed by atoms with Crippen molar-refractivity contribution in [3.63, 3.8) is 0 Å². The van der Waals surface area contributed by atoms with Crippen molar-refractivity contribution in [2.75, 3.05) is 26.1 Å². The molecule has 0 fully saturated rings. The third-order valence-electron chi connectivity index (χ3n) is 1.79. The average molecular weight is 206 g/mol. The Balaban J connectivity index is 3.49. The zero-order valence-electron chi connectivity index (χ0n) is 8.55. The smallest absolute Gasteiger partial charge is 0.0615 e. The van der Waals surface area contributed by atoms with Gasteiger partial charge in [-0.15, -0.1) is 11.6 Å². The number of methoxy groups -OCH3 is 1. The van der Waals surface area contributed by atoms with E-state index in [1.165, 1.54) is 6.42 Å². The highest BCUT2D eigenvalue weighted by molar-refractivity contribution is 6.18. The van der Waals surface area contributed by atoms with Crippen LogP contribution in [-0.2, 0) is 4.74 Å². The molecule has 13 heavy (non-hydrogen) atoms. The average Bonchev–Trinajstić information content (AvgIpc) is 2.13. The summed E-state index contributed by atoms with van der Waals surface area (Å²) < 4.78 is 5.10. The number of rotatable bonds is 8. The Bertz CT molecular complexity index is 122. The molecule has 0 aromatic carbocycles. The summed E-state index contributed by atoms with van der Waals surface area (Å²) in [5.41, 5.74) is 0.